The van der Waals surface area contributed by atoms with Crippen molar-refractivity contribution in [1.29, 1.82) is 0 Å². The summed E-state index contributed by atoms with van der Waals surface area (Å²) < 4.78 is 2.13. The lowest BCUT2D eigenvalue weighted by Gasteiger charge is -2.17. The van der Waals surface area contributed by atoms with Crippen molar-refractivity contribution < 1.29 is 0 Å². The predicted molar refractivity (Wildman–Crippen MR) is 116 cm³/mol. The van der Waals surface area contributed by atoms with Crippen molar-refractivity contribution in [2.75, 3.05) is 5.32 Å². The van der Waals surface area contributed by atoms with Gasteiger partial charge in [-0.3, -0.25) is 4.40 Å². The molecule has 2 aromatic carbocycles. The Hall–Kier alpha value is -3.14. The molecule has 0 fully saturated rings. The summed E-state index contributed by atoms with van der Waals surface area (Å²) in [5.74, 6) is 1.88. The lowest BCUT2D eigenvalue weighted by Crippen LogP contribution is -2.06. The van der Waals surface area contributed by atoms with Crippen LogP contribution in [-0.4, -0.2) is 14.4 Å². The molecule has 4 nitrogen and oxygen atoms in total. The molecular formula is C24H26N4. The van der Waals surface area contributed by atoms with Crippen molar-refractivity contribution in [3.05, 3.63) is 88.4 Å². The molecule has 4 aromatic rings. The summed E-state index contributed by atoms with van der Waals surface area (Å²) in [7, 11) is 0. The van der Waals surface area contributed by atoms with E-state index in [0.717, 1.165) is 34.4 Å². The number of rotatable bonds is 4. The second-order valence-electron chi connectivity index (χ2n) is 7.54. The van der Waals surface area contributed by atoms with Gasteiger partial charge in [0.2, 0.25) is 5.78 Å². The summed E-state index contributed by atoms with van der Waals surface area (Å²) in [6.45, 7) is 10.6. The largest absolute Gasteiger partial charge is 0.339 e. The number of hydrogen-bond donors (Lipinski definition) is 1. The molecule has 0 saturated heterocycles. The first-order chi connectivity index (χ1) is 13.5. The third-order valence-corrected chi connectivity index (χ3v) is 5.37. The standard InChI is InChI=1S/C24H26N4/c1-15-10-9-11-16(2)21(15)26-23-22(19(5)20-12-7-6-8-13-20)27-24-25-17(3)14-18(4)28(23)24/h6-14,19,26H,1-5H3. The van der Waals surface area contributed by atoms with Crippen LogP contribution in [0.2, 0.25) is 0 Å². The van der Waals surface area contributed by atoms with E-state index in [1.165, 1.54) is 16.7 Å². The Kier molecular flexibility index (Phi) is 4.63. The van der Waals surface area contributed by atoms with Gasteiger partial charge in [0.1, 0.15) is 5.82 Å². The first-order valence-corrected chi connectivity index (χ1v) is 9.70. The SMILES string of the molecule is Cc1cc(C)n2c(Nc3c(C)cccc3C)c(C(C)c3ccccc3)nc2n1. The number of hydrogen-bond acceptors (Lipinski definition) is 3. The zero-order valence-corrected chi connectivity index (χ0v) is 17.1. The van der Waals surface area contributed by atoms with Gasteiger partial charge < -0.3 is 5.32 Å². The molecule has 28 heavy (non-hydrogen) atoms. The van der Waals surface area contributed by atoms with Gasteiger partial charge >= 0.3 is 0 Å². The second-order valence-corrected chi connectivity index (χ2v) is 7.54. The zero-order chi connectivity index (χ0) is 19.8. The van der Waals surface area contributed by atoms with Crippen LogP contribution < -0.4 is 5.32 Å². The molecule has 1 unspecified atom stereocenters. The van der Waals surface area contributed by atoms with E-state index in [9.17, 15) is 0 Å². The summed E-state index contributed by atoms with van der Waals surface area (Å²) in [6.07, 6.45) is 0. The molecule has 4 rings (SSSR count). The van der Waals surface area contributed by atoms with Crippen molar-refractivity contribution in [2.24, 2.45) is 0 Å². The molecule has 0 radical (unpaired) electrons. The van der Waals surface area contributed by atoms with Crippen LogP contribution in [0, 0.1) is 27.7 Å². The van der Waals surface area contributed by atoms with Crippen LogP contribution >= 0.6 is 0 Å². The summed E-state index contributed by atoms with van der Waals surface area (Å²) in [6, 6.07) is 19.0. The van der Waals surface area contributed by atoms with Crippen LogP contribution in [0.25, 0.3) is 5.78 Å². The quantitative estimate of drug-likeness (QED) is 0.489. The number of benzene rings is 2. The normalized spacial score (nSPS) is 12.3. The van der Waals surface area contributed by atoms with Gasteiger partial charge in [0, 0.05) is 23.0 Å². The predicted octanol–water partition coefficient (Wildman–Crippen LogP) is 5.86. The Balaban J connectivity index is 1.94. The third-order valence-electron chi connectivity index (χ3n) is 5.37. The van der Waals surface area contributed by atoms with Crippen LogP contribution in [0.3, 0.4) is 0 Å². The summed E-state index contributed by atoms with van der Waals surface area (Å²) in [4.78, 5) is 9.65. The van der Waals surface area contributed by atoms with E-state index in [1.54, 1.807) is 0 Å². The smallest absolute Gasteiger partial charge is 0.236 e. The second kappa shape index (κ2) is 7.12. The van der Waals surface area contributed by atoms with Crippen LogP contribution in [0.5, 0.6) is 0 Å². The number of anilines is 2. The van der Waals surface area contributed by atoms with E-state index in [-0.39, 0.29) is 5.92 Å². The van der Waals surface area contributed by atoms with Crippen LogP contribution in [0.4, 0.5) is 11.5 Å². The first kappa shape index (κ1) is 18.2. The highest BCUT2D eigenvalue weighted by atomic mass is 15.2. The monoisotopic (exact) mass is 370 g/mol. The van der Waals surface area contributed by atoms with E-state index in [0.29, 0.717) is 0 Å². The number of aromatic nitrogens is 3. The maximum absolute atomic E-state index is 4.96. The Morgan fingerprint density at radius 3 is 2.21 bits per heavy atom. The minimum absolute atomic E-state index is 0.148. The van der Waals surface area contributed by atoms with E-state index in [1.807, 2.05) is 13.0 Å². The number of nitrogens with one attached hydrogen (secondary N) is 1. The molecular weight excluding hydrogens is 344 g/mol. The topological polar surface area (TPSA) is 42.2 Å². The molecule has 1 N–H and O–H groups in total. The molecule has 1 atom stereocenters. The number of nitrogens with zero attached hydrogens (tertiary/aromatic N) is 3. The minimum Gasteiger partial charge on any atom is -0.339 e. The summed E-state index contributed by atoms with van der Waals surface area (Å²) >= 11 is 0. The summed E-state index contributed by atoms with van der Waals surface area (Å²) in [5.41, 5.74) is 7.91. The van der Waals surface area contributed by atoms with Crippen molar-refractivity contribution in [3.63, 3.8) is 0 Å². The van der Waals surface area contributed by atoms with Crippen LogP contribution in [0.15, 0.2) is 54.6 Å². The average Bonchev–Trinajstić information content (AvgIpc) is 3.03. The van der Waals surface area contributed by atoms with Crippen molar-refractivity contribution in [1.82, 2.24) is 14.4 Å². The Labute approximate surface area is 166 Å². The highest BCUT2D eigenvalue weighted by molar-refractivity contribution is 5.69. The molecule has 2 heterocycles. The van der Waals surface area contributed by atoms with Crippen molar-refractivity contribution in [3.8, 4) is 0 Å². The van der Waals surface area contributed by atoms with Crippen molar-refractivity contribution in [2.45, 2.75) is 40.5 Å². The van der Waals surface area contributed by atoms with Gasteiger partial charge in [0.25, 0.3) is 0 Å². The maximum atomic E-state index is 4.96. The average molecular weight is 371 g/mol. The molecule has 0 aliphatic rings. The fourth-order valence-corrected chi connectivity index (χ4v) is 3.84. The Morgan fingerprint density at radius 1 is 0.857 bits per heavy atom. The molecule has 0 amide bonds. The molecule has 0 saturated carbocycles. The molecule has 142 valence electrons. The lowest BCUT2D eigenvalue weighted by atomic mass is 9.97. The molecule has 0 bridgehead atoms. The third kappa shape index (κ3) is 3.15. The van der Waals surface area contributed by atoms with Gasteiger partial charge in [-0.1, -0.05) is 55.5 Å². The van der Waals surface area contributed by atoms with Gasteiger partial charge in [-0.05, 0) is 50.5 Å². The molecule has 0 aliphatic heterocycles. The molecule has 0 aliphatic carbocycles. The van der Waals surface area contributed by atoms with Crippen LogP contribution in [0.1, 0.15) is 46.6 Å². The minimum atomic E-state index is 0.148. The Morgan fingerprint density at radius 2 is 1.54 bits per heavy atom. The summed E-state index contributed by atoms with van der Waals surface area (Å²) in [5, 5.41) is 3.70. The first-order valence-electron chi connectivity index (χ1n) is 9.70. The highest BCUT2D eigenvalue weighted by Crippen LogP contribution is 2.34. The highest BCUT2D eigenvalue weighted by Gasteiger charge is 2.22. The number of imidazole rings is 1. The number of aryl methyl sites for hydroxylation is 4. The maximum Gasteiger partial charge on any atom is 0.236 e. The lowest BCUT2D eigenvalue weighted by molar-refractivity contribution is 0.887. The van der Waals surface area contributed by atoms with E-state index in [2.05, 4.69) is 85.9 Å². The number of para-hydroxylation sites is 1. The van der Waals surface area contributed by atoms with E-state index < -0.39 is 0 Å². The molecule has 2 aromatic heterocycles. The number of fused-ring (bicyclic) bond motifs is 1. The van der Waals surface area contributed by atoms with E-state index in [4.69, 9.17) is 9.97 Å². The van der Waals surface area contributed by atoms with Gasteiger partial charge in [-0.15, -0.1) is 0 Å². The Bertz CT molecular complexity index is 1120. The molecule has 0 spiro atoms. The fraction of sp³-hybridized carbons (Fsp3) is 0.250. The fourth-order valence-electron chi connectivity index (χ4n) is 3.84. The zero-order valence-electron chi connectivity index (χ0n) is 17.1. The van der Waals surface area contributed by atoms with Gasteiger partial charge in [-0.2, -0.15) is 0 Å². The van der Waals surface area contributed by atoms with Crippen LogP contribution in [-0.2, 0) is 0 Å². The van der Waals surface area contributed by atoms with Gasteiger partial charge in [0.15, 0.2) is 0 Å². The van der Waals surface area contributed by atoms with Gasteiger partial charge in [-0.25, -0.2) is 9.97 Å². The van der Waals surface area contributed by atoms with E-state index >= 15 is 0 Å². The molecule has 4 heteroatoms. The van der Waals surface area contributed by atoms with Gasteiger partial charge in [0.05, 0.1) is 5.69 Å². The van der Waals surface area contributed by atoms with Crippen molar-refractivity contribution >= 4 is 17.3 Å².